The summed E-state index contributed by atoms with van der Waals surface area (Å²) < 4.78 is 10.4. The number of hydrogen-bond donors (Lipinski definition) is 1. The Kier molecular flexibility index (Phi) is 4.51. The van der Waals surface area contributed by atoms with E-state index in [9.17, 15) is 9.59 Å². The van der Waals surface area contributed by atoms with Crippen molar-refractivity contribution in [1.29, 1.82) is 0 Å². The summed E-state index contributed by atoms with van der Waals surface area (Å²) in [7, 11) is 3.01. The van der Waals surface area contributed by atoms with Crippen molar-refractivity contribution in [1.82, 2.24) is 5.32 Å². The fraction of sp³-hybridized carbons (Fsp3) is 0.333. The third-order valence-corrected chi connectivity index (χ3v) is 2.21. The van der Waals surface area contributed by atoms with E-state index in [0.29, 0.717) is 17.1 Å². The summed E-state index contributed by atoms with van der Waals surface area (Å²) >= 11 is 0. The molecule has 0 atom stereocenters. The maximum Gasteiger partial charge on any atom is 0.257 e. The second-order valence-electron chi connectivity index (χ2n) is 3.38. The highest BCUT2D eigenvalue weighted by molar-refractivity contribution is 5.94. The summed E-state index contributed by atoms with van der Waals surface area (Å²) in [5, 5.41) is 2.44. The van der Waals surface area contributed by atoms with Crippen LogP contribution >= 0.6 is 0 Å². The molecule has 0 aliphatic heterocycles. The SMILES string of the molecule is CNC(=O)COc1ccc(C(C)=O)cc1OC. The highest BCUT2D eigenvalue weighted by atomic mass is 16.5. The molecule has 5 heteroatoms. The van der Waals surface area contributed by atoms with E-state index < -0.39 is 0 Å². The van der Waals surface area contributed by atoms with Gasteiger partial charge in [0.1, 0.15) is 0 Å². The van der Waals surface area contributed by atoms with Gasteiger partial charge in [0.25, 0.3) is 5.91 Å². The first kappa shape index (κ1) is 13.0. The first-order valence-electron chi connectivity index (χ1n) is 5.11. The minimum atomic E-state index is -0.234. The lowest BCUT2D eigenvalue weighted by Gasteiger charge is -2.10. The van der Waals surface area contributed by atoms with E-state index in [1.54, 1.807) is 18.2 Å². The molecule has 5 nitrogen and oxygen atoms in total. The average molecular weight is 237 g/mol. The Morgan fingerprint density at radius 3 is 2.53 bits per heavy atom. The number of benzene rings is 1. The molecular weight excluding hydrogens is 222 g/mol. The fourth-order valence-electron chi connectivity index (χ4n) is 1.22. The summed E-state index contributed by atoms with van der Waals surface area (Å²) in [5.74, 6) is 0.576. The van der Waals surface area contributed by atoms with Crippen molar-refractivity contribution in [3.63, 3.8) is 0 Å². The quantitative estimate of drug-likeness (QED) is 0.777. The van der Waals surface area contributed by atoms with Crippen LogP contribution in [0, 0.1) is 0 Å². The van der Waals surface area contributed by atoms with E-state index in [-0.39, 0.29) is 18.3 Å². The number of nitrogens with one attached hydrogen (secondary N) is 1. The smallest absolute Gasteiger partial charge is 0.257 e. The number of rotatable bonds is 5. The minimum Gasteiger partial charge on any atom is -0.493 e. The van der Waals surface area contributed by atoms with Crippen LogP contribution in [0.15, 0.2) is 18.2 Å². The zero-order valence-electron chi connectivity index (χ0n) is 10.1. The van der Waals surface area contributed by atoms with E-state index in [1.165, 1.54) is 21.1 Å². The molecule has 0 aliphatic rings. The van der Waals surface area contributed by atoms with Crippen LogP contribution < -0.4 is 14.8 Å². The van der Waals surface area contributed by atoms with Gasteiger partial charge in [0.05, 0.1) is 7.11 Å². The van der Waals surface area contributed by atoms with Gasteiger partial charge in [-0.05, 0) is 25.1 Å². The third kappa shape index (κ3) is 3.48. The van der Waals surface area contributed by atoms with Crippen LogP contribution in [-0.2, 0) is 4.79 Å². The van der Waals surface area contributed by atoms with Crippen molar-refractivity contribution in [2.45, 2.75) is 6.92 Å². The standard InChI is InChI=1S/C12H15NO4/c1-8(14)9-4-5-10(11(6-9)16-3)17-7-12(15)13-2/h4-6H,7H2,1-3H3,(H,13,15). The fourth-order valence-corrected chi connectivity index (χ4v) is 1.22. The van der Waals surface area contributed by atoms with Gasteiger partial charge in [0, 0.05) is 12.6 Å². The average Bonchev–Trinajstić information content (AvgIpc) is 2.35. The molecule has 0 fully saturated rings. The number of hydrogen-bond acceptors (Lipinski definition) is 4. The molecule has 0 aliphatic carbocycles. The number of carbonyl (C=O) groups is 2. The van der Waals surface area contributed by atoms with Crippen molar-refractivity contribution in [2.75, 3.05) is 20.8 Å². The summed E-state index contributed by atoms with van der Waals surface area (Å²) in [5.41, 5.74) is 0.536. The van der Waals surface area contributed by atoms with Gasteiger partial charge >= 0.3 is 0 Å². The van der Waals surface area contributed by atoms with E-state index in [0.717, 1.165) is 0 Å². The van der Waals surface area contributed by atoms with Crippen molar-refractivity contribution >= 4 is 11.7 Å². The molecule has 1 rings (SSSR count). The Labute approximate surface area is 99.7 Å². The van der Waals surface area contributed by atoms with Gasteiger partial charge in [0.2, 0.25) is 0 Å². The molecule has 1 N–H and O–H groups in total. The van der Waals surface area contributed by atoms with Crippen molar-refractivity contribution in [3.05, 3.63) is 23.8 Å². The molecule has 0 unspecified atom stereocenters. The van der Waals surface area contributed by atoms with Crippen LogP contribution in [0.4, 0.5) is 0 Å². The van der Waals surface area contributed by atoms with Crippen LogP contribution in [0.2, 0.25) is 0 Å². The molecule has 17 heavy (non-hydrogen) atoms. The molecule has 1 aromatic carbocycles. The van der Waals surface area contributed by atoms with E-state index in [1.807, 2.05) is 0 Å². The van der Waals surface area contributed by atoms with Gasteiger partial charge in [-0.15, -0.1) is 0 Å². The van der Waals surface area contributed by atoms with Crippen LogP contribution in [0.3, 0.4) is 0 Å². The maximum absolute atomic E-state index is 11.2. The number of carbonyl (C=O) groups excluding carboxylic acids is 2. The molecule has 0 heterocycles. The van der Waals surface area contributed by atoms with Crippen molar-refractivity contribution < 1.29 is 19.1 Å². The largest absolute Gasteiger partial charge is 0.493 e. The predicted molar refractivity (Wildman–Crippen MR) is 62.6 cm³/mol. The summed E-state index contributed by atoms with van der Waals surface area (Å²) in [6, 6.07) is 4.82. The first-order valence-corrected chi connectivity index (χ1v) is 5.11. The normalized spacial score (nSPS) is 9.59. The Morgan fingerprint density at radius 1 is 1.29 bits per heavy atom. The lowest BCUT2D eigenvalue weighted by molar-refractivity contribution is -0.122. The molecule has 0 radical (unpaired) electrons. The second-order valence-corrected chi connectivity index (χ2v) is 3.38. The minimum absolute atomic E-state index is 0.0545. The van der Waals surface area contributed by atoms with Crippen molar-refractivity contribution in [3.8, 4) is 11.5 Å². The summed E-state index contributed by atoms with van der Waals surface area (Å²) in [6.45, 7) is 1.38. The highest BCUT2D eigenvalue weighted by Crippen LogP contribution is 2.28. The third-order valence-electron chi connectivity index (χ3n) is 2.21. The van der Waals surface area contributed by atoms with Crippen molar-refractivity contribution in [2.24, 2.45) is 0 Å². The Hall–Kier alpha value is -2.04. The highest BCUT2D eigenvalue weighted by Gasteiger charge is 2.09. The van der Waals surface area contributed by atoms with Gasteiger partial charge < -0.3 is 14.8 Å². The zero-order valence-corrected chi connectivity index (χ0v) is 10.1. The zero-order chi connectivity index (χ0) is 12.8. The van der Waals surface area contributed by atoms with E-state index >= 15 is 0 Å². The van der Waals surface area contributed by atoms with Crippen LogP contribution in [0.25, 0.3) is 0 Å². The number of likely N-dealkylation sites (N-methyl/N-ethyl adjacent to an activating group) is 1. The summed E-state index contributed by atoms with van der Waals surface area (Å²) in [4.78, 5) is 22.2. The monoisotopic (exact) mass is 237 g/mol. The number of methoxy groups -OCH3 is 1. The molecule has 0 aromatic heterocycles. The van der Waals surface area contributed by atoms with Gasteiger partial charge in [-0.25, -0.2) is 0 Å². The molecule has 92 valence electrons. The van der Waals surface area contributed by atoms with Crippen LogP contribution in [0.5, 0.6) is 11.5 Å². The maximum atomic E-state index is 11.2. The first-order chi connectivity index (χ1) is 8.08. The topological polar surface area (TPSA) is 64.6 Å². The molecule has 1 amide bonds. The molecule has 0 saturated carbocycles. The van der Waals surface area contributed by atoms with E-state index in [4.69, 9.17) is 9.47 Å². The molecular formula is C12H15NO4. The lowest BCUT2D eigenvalue weighted by atomic mass is 10.1. The molecule has 0 bridgehead atoms. The molecule has 1 aromatic rings. The van der Waals surface area contributed by atoms with Crippen LogP contribution in [-0.4, -0.2) is 32.5 Å². The Bertz CT molecular complexity index is 429. The number of Topliss-reactive ketones (excluding diaryl/α,β-unsaturated/α-hetero) is 1. The summed E-state index contributed by atoms with van der Waals surface area (Å²) in [6.07, 6.45) is 0. The molecule has 0 spiro atoms. The number of amides is 1. The number of ether oxygens (including phenoxy) is 2. The van der Waals surface area contributed by atoms with Gasteiger partial charge in [-0.1, -0.05) is 0 Å². The molecule has 0 saturated heterocycles. The Balaban J connectivity index is 2.85. The van der Waals surface area contributed by atoms with Gasteiger partial charge in [-0.2, -0.15) is 0 Å². The lowest BCUT2D eigenvalue weighted by Crippen LogP contribution is -2.24. The van der Waals surface area contributed by atoms with Gasteiger partial charge in [-0.3, -0.25) is 9.59 Å². The second kappa shape index (κ2) is 5.89. The van der Waals surface area contributed by atoms with E-state index in [2.05, 4.69) is 5.32 Å². The van der Waals surface area contributed by atoms with Crippen LogP contribution in [0.1, 0.15) is 17.3 Å². The number of ketones is 1. The predicted octanol–water partition coefficient (Wildman–Crippen LogP) is 1.02. The van der Waals surface area contributed by atoms with Gasteiger partial charge in [0.15, 0.2) is 23.9 Å². The Morgan fingerprint density at radius 2 is 2.00 bits per heavy atom.